The molecule has 94 valence electrons. The second-order valence-corrected chi connectivity index (χ2v) is 4.40. The van der Waals surface area contributed by atoms with Crippen LogP contribution in [0.4, 0.5) is 5.69 Å². The zero-order valence-corrected chi connectivity index (χ0v) is 11.1. The van der Waals surface area contributed by atoms with Crippen LogP contribution in [0.1, 0.15) is 11.3 Å². The van der Waals surface area contributed by atoms with Crippen molar-refractivity contribution in [2.75, 3.05) is 18.5 Å². The van der Waals surface area contributed by atoms with Crippen LogP contribution in [0.3, 0.4) is 0 Å². The van der Waals surface area contributed by atoms with E-state index in [-0.39, 0.29) is 0 Å². The number of nitrogens with zero attached hydrogens (tertiary/aromatic N) is 3. The van der Waals surface area contributed by atoms with Gasteiger partial charge in [0.1, 0.15) is 0 Å². The maximum atomic E-state index is 5.91. The van der Waals surface area contributed by atoms with Crippen molar-refractivity contribution in [1.29, 1.82) is 0 Å². The zero-order chi connectivity index (χ0) is 12.8. The standard InChI is InChI=1S/C14H16ClN3/c1-18(9-6-13-4-2-3-7-17-13)14-5-8-16-11-12(14)10-15/h2-5,7-8,11H,6,9-10H2,1H3. The van der Waals surface area contributed by atoms with Crippen molar-refractivity contribution in [2.24, 2.45) is 0 Å². The summed E-state index contributed by atoms with van der Waals surface area (Å²) in [5.41, 5.74) is 3.30. The summed E-state index contributed by atoms with van der Waals surface area (Å²) in [4.78, 5) is 10.6. The average Bonchev–Trinajstić information content (AvgIpc) is 2.45. The number of hydrogen-bond acceptors (Lipinski definition) is 3. The fourth-order valence-corrected chi connectivity index (χ4v) is 2.05. The van der Waals surface area contributed by atoms with E-state index in [0.29, 0.717) is 5.88 Å². The third-order valence-electron chi connectivity index (χ3n) is 2.86. The minimum atomic E-state index is 0.483. The van der Waals surface area contributed by atoms with Crippen LogP contribution in [0.5, 0.6) is 0 Å². The van der Waals surface area contributed by atoms with Crippen LogP contribution in [0.25, 0.3) is 0 Å². The van der Waals surface area contributed by atoms with Gasteiger partial charge in [0.2, 0.25) is 0 Å². The lowest BCUT2D eigenvalue weighted by Crippen LogP contribution is -2.21. The molecule has 0 aliphatic carbocycles. The Morgan fingerprint density at radius 1 is 1.22 bits per heavy atom. The van der Waals surface area contributed by atoms with Gasteiger partial charge in [-0.1, -0.05) is 6.07 Å². The summed E-state index contributed by atoms with van der Waals surface area (Å²) in [6, 6.07) is 7.99. The van der Waals surface area contributed by atoms with Gasteiger partial charge >= 0.3 is 0 Å². The first-order valence-electron chi connectivity index (χ1n) is 5.91. The number of pyridine rings is 2. The highest BCUT2D eigenvalue weighted by Crippen LogP contribution is 2.19. The second kappa shape index (κ2) is 6.36. The Hall–Kier alpha value is -1.61. The maximum absolute atomic E-state index is 5.91. The summed E-state index contributed by atoms with van der Waals surface area (Å²) >= 11 is 5.91. The van der Waals surface area contributed by atoms with Gasteiger partial charge in [0.05, 0.1) is 5.88 Å². The summed E-state index contributed by atoms with van der Waals surface area (Å²) in [6.45, 7) is 0.908. The first kappa shape index (κ1) is 12.8. The Kier molecular flexibility index (Phi) is 4.53. The Morgan fingerprint density at radius 3 is 2.83 bits per heavy atom. The maximum Gasteiger partial charge on any atom is 0.0509 e. The molecule has 0 spiro atoms. The van der Waals surface area contributed by atoms with Gasteiger partial charge in [0.15, 0.2) is 0 Å². The topological polar surface area (TPSA) is 29.0 Å². The van der Waals surface area contributed by atoms with E-state index < -0.39 is 0 Å². The molecule has 0 aromatic carbocycles. The SMILES string of the molecule is CN(CCc1ccccn1)c1ccncc1CCl. The predicted octanol–water partition coefficient (Wildman–Crippen LogP) is 2.89. The Bertz CT molecular complexity index is 487. The molecule has 0 aliphatic heterocycles. The minimum Gasteiger partial charge on any atom is -0.374 e. The van der Waals surface area contributed by atoms with Crippen LogP contribution < -0.4 is 4.90 Å². The third-order valence-corrected chi connectivity index (χ3v) is 3.15. The molecule has 0 N–H and O–H groups in total. The first-order valence-corrected chi connectivity index (χ1v) is 6.44. The van der Waals surface area contributed by atoms with E-state index in [1.807, 2.05) is 36.7 Å². The molecule has 2 aromatic heterocycles. The van der Waals surface area contributed by atoms with Crippen molar-refractivity contribution < 1.29 is 0 Å². The summed E-state index contributed by atoms with van der Waals surface area (Å²) in [5.74, 6) is 0.483. The van der Waals surface area contributed by atoms with Gasteiger partial charge in [-0.25, -0.2) is 0 Å². The van der Waals surface area contributed by atoms with Crippen molar-refractivity contribution in [3.63, 3.8) is 0 Å². The van der Waals surface area contributed by atoms with E-state index >= 15 is 0 Å². The van der Waals surface area contributed by atoms with E-state index in [4.69, 9.17) is 11.6 Å². The fraction of sp³-hybridized carbons (Fsp3) is 0.286. The first-order chi connectivity index (χ1) is 8.81. The molecule has 0 atom stereocenters. The van der Waals surface area contributed by atoms with Crippen molar-refractivity contribution in [2.45, 2.75) is 12.3 Å². The van der Waals surface area contributed by atoms with Crippen LogP contribution in [-0.2, 0) is 12.3 Å². The summed E-state index contributed by atoms with van der Waals surface area (Å²) in [7, 11) is 2.06. The molecule has 0 radical (unpaired) electrons. The van der Waals surface area contributed by atoms with E-state index in [9.17, 15) is 0 Å². The van der Waals surface area contributed by atoms with Gasteiger partial charge in [0, 0.05) is 55.5 Å². The number of alkyl halides is 1. The Labute approximate surface area is 112 Å². The lowest BCUT2D eigenvalue weighted by atomic mass is 10.2. The number of anilines is 1. The molecule has 2 aromatic rings. The van der Waals surface area contributed by atoms with Crippen molar-refractivity contribution >= 4 is 17.3 Å². The zero-order valence-electron chi connectivity index (χ0n) is 10.4. The Morgan fingerprint density at radius 2 is 2.11 bits per heavy atom. The van der Waals surface area contributed by atoms with Crippen LogP contribution in [-0.4, -0.2) is 23.6 Å². The molecule has 4 heteroatoms. The number of hydrogen-bond donors (Lipinski definition) is 0. The molecule has 2 heterocycles. The van der Waals surface area contributed by atoms with Gasteiger partial charge in [-0.3, -0.25) is 9.97 Å². The third kappa shape index (κ3) is 3.20. The molecule has 0 aliphatic rings. The number of likely N-dealkylation sites (N-methyl/N-ethyl adjacent to an activating group) is 1. The Balaban J connectivity index is 2.01. The molecular formula is C14H16ClN3. The number of halogens is 1. The number of aromatic nitrogens is 2. The van der Waals surface area contributed by atoms with Gasteiger partial charge < -0.3 is 4.90 Å². The van der Waals surface area contributed by atoms with Gasteiger partial charge in [-0.05, 0) is 18.2 Å². The normalized spacial score (nSPS) is 10.3. The van der Waals surface area contributed by atoms with Crippen LogP contribution in [0, 0.1) is 0 Å². The van der Waals surface area contributed by atoms with Crippen molar-refractivity contribution in [1.82, 2.24) is 9.97 Å². The second-order valence-electron chi connectivity index (χ2n) is 4.13. The molecule has 18 heavy (non-hydrogen) atoms. The summed E-state index contributed by atoms with van der Waals surface area (Å²) < 4.78 is 0. The molecule has 0 unspecified atom stereocenters. The van der Waals surface area contributed by atoms with Crippen LogP contribution in [0.2, 0.25) is 0 Å². The van der Waals surface area contributed by atoms with Crippen molar-refractivity contribution in [3.05, 3.63) is 54.1 Å². The molecule has 0 amide bonds. The van der Waals surface area contributed by atoms with E-state index in [1.165, 1.54) is 0 Å². The van der Waals surface area contributed by atoms with Crippen molar-refractivity contribution in [3.8, 4) is 0 Å². The van der Waals surface area contributed by atoms with Gasteiger partial charge in [-0.15, -0.1) is 11.6 Å². The molecule has 2 rings (SSSR count). The summed E-state index contributed by atoms with van der Waals surface area (Å²) in [6.07, 6.45) is 6.36. The minimum absolute atomic E-state index is 0.483. The molecular weight excluding hydrogens is 246 g/mol. The largest absolute Gasteiger partial charge is 0.374 e. The highest BCUT2D eigenvalue weighted by molar-refractivity contribution is 6.17. The van der Waals surface area contributed by atoms with Crippen LogP contribution in [0.15, 0.2) is 42.9 Å². The molecule has 0 saturated heterocycles. The lowest BCUT2D eigenvalue weighted by molar-refractivity contribution is 0.847. The summed E-state index contributed by atoms with van der Waals surface area (Å²) in [5, 5.41) is 0. The molecule has 0 fully saturated rings. The average molecular weight is 262 g/mol. The molecule has 0 saturated carbocycles. The highest BCUT2D eigenvalue weighted by atomic mass is 35.5. The quantitative estimate of drug-likeness (QED) is 0.775. The van der Waals surface area contributed by atoms with Gasteiger partial charge in [-0.2, -0.15) is 0 Å². The number of rotatable bonds is 5. The highest BCUT2D eigenvalue weighted by Gasteiger charge is 2.06. The lowest BCUT2D eigenvalue weighted by Gasteiger charge is -2.21. The van der Waals surface area contributed by atoms with E-state index in [0.717, 1.165) is 29.9 Å². The smallest absolute Gasteiger partial charge is 0.0509 e. The monoisotopic (exact) mass is 261 g/mol. The fourth-order valence-electron chi connectivity index (χ4n) is 1.84. The van der Waals surface area contributed by atoms with E-state index in [1.54, 1.807) is 6.20 Å². The van der Waals surface area contributed by atoms with Gasteiger partial charge in [0.25, 0.3) is 0 Å². The van der Waals surface area contributed by atoms with E-state index in [2.05, 4.69) is 21.9 Å². The van der Waals surface area contributed by atoms with Crippen LogP contribution >= 0.6 is 11.6 Å². The molecule has 3 nitrogen and oxygen atoms in total. The predicted molar refractivity (Wildman–Crippen MR) is 75.0 cm³/mol. The molecule has 0 bridgehead atoms.